The van der Waals surface area contributed by atoms with Crippen LogP contribution in [-0.4, -0.2) is 57.9 Å². The molecule has 1 saturated heterocycles. The number of anilines is 1. The van der Waals surface area contributed by atoms with Gasteiger partial charge in [0.2, 0.25) is 0 Å². The maximum atomic E-state index is 15.6. The van der Waals surface area contributed by atoms with Crippen LogP contribution in [0, 0.1) is 18.6 Å². The van der Waals surface area contributed by atoms with Gasteiger partial charge in [0.15, 0.2) is 0 Å². The first-order chi connectivity index (χ1) is 20.5. The van der Waals surface area contributed by atoms with Crippen LogP contribution in [0.1, 0.15) is 37.6 Å². The van der Waals surface area contributed by atoms with Gasteiger partial charge in [-0.1, -0.05) is 30.3 Å². The van der Waals surface area contributed by atoms with E-state index in [9.17, 15) is 9.59 Å². The van der Waals surface area contributed by atoms with E-state index >= 15 is 8.78 Å². The molecule has 226 valence electrons. The number of benzene rings is 2. The number of nitrogens with zero attached hydrogens (tertiary/aromatic N) is 3. The van der Waals surface area contributed by atoms with Crippen LogP contribution in [0.25, 0.3) is 16.9 Å². The number of ether oxygens (including phenoxy) is 3. The summed E-state index contributed by atoms with van der Waals surface area (Å²) in [6.07, 6.45) is 0.261. The van der Waals surface area contributed by atoms with Crippen molar-refractivity contribution in [2.45, 2.75) is 52.4 Å². The zero-order valence-corrected chi connectivity index (χ0v) is 24.5. The summed E-state index contributed by atoms with van der Waals surface area (Å²) in [5.74, 6) is -1.81. The van der Waals surface area contributed by atoms with Gasteiger partial charge in [0.05, 0.1) is 36.2 Å². The number of carbonyl (C=O) groups is 2. The van der Waals surface area contributed by atoms with Crippen molar-refractivity contribution < 1.29 is 32.6 Å². The molecule has 1 unspecified atom stereocenters. The lowest BCUT2D eigenvalue weighted by molar-refractivity contribution is -0.0418. The van der Waals surface area contributed by atoms with E-state index in [1.165, 1.54) is 0 Å². The molecule has 2 aromatic heterocycles. The highest BCUT2D eigenvalue weighted by Gasteiger charge is 2.31. The minimum Gasteiger partial charge on any atom is -0.444 e. The van der Waals surface area contributed by atoms with Crippen LogP contribution in [0.2, 0.25) is 0 Å². The van der Waals surface area contributed by atoms with Crippen LogP contribution >= 0.6 is 0 Å². The molecule has 1 atom stereocenters. The molecule has 3 heterocycles. The second-order valence-corrected chi connectivity index (χ2v) is 11.5. The topological polar surface area (TPSA) is 94.4 Å². The van der Waals surface area contributed by atoms with Gasteiger partial charge in [-0.2, -0.15) is 0 Å². The molecule has 1 fully saturated rings. The Labute approximate surface area is 248 Å². The molecular formula is C32H34F2N4O5. The Morgan fingerprint density at radius 3 is 2.51 bits per heavy atom. The number of aryl methyl sites for hydroxylation is 1. The smallest absolute Gasteiger partial charge is 0.411 e. The monoisotopic (exact) mass is 592 g/mol. The number of morpholine rings is 1. The van der Waals surface area contributed by atoms with Crippen molar-refractivity contribution in [2.24, 2.45) is 0 Å². The fraction of sp³-hybridized carbons (Fsp3) is 0.344. The van der Waals surface area contributed by atoms with Crippen molar-refractivity contribution in [3.8, 4) is 11.3 Å². The molecular weight excluding hydrogens is 558 g/mol. The number of carbonyl (C=O) groups excluding carboxylic acids is 2. The third-order valence-electron chi connectivity index (χ3n) is 6.83. The van der Waals surface area contributed by atoms with E-state index in [1.54, 1.807) is 48.4 Å². The molecule has 1 N–H and O–H groups in total. The summed E-state index contributed by atoms with van der Waals surface area (Å²) in [7, 11) is 0. The predicted molar refractivity (Wildman–Crippen MR) is 157 cm³/mol. The second kappa shape index (κ2) is 12.4. The van der Waals surface area contributed by atoms with Crippen LogP contribution in [0.4, 0.5) is 24.1 Å². The molecule has 1 aliphatic rings. The SMILES string of the molecule is Cc1ccn2c(CC3CN(C(=O)OC(C)(C)C)CCO3)c(-c3c(F)cc(NC(=O)OCc4ccccc4)cc3F)nc2c1. The molecule has 9 nitrogen and oxygen atoms in total. The Kier molecular flexibility index (Phi) is 8.63. The first kappa shape index (κ1) is 30.0. The number of aromatic nitrogens is 2. The van der Waals surface area contributed by atoms with Crippen LogP contribution in [0.15, 0.2) is 60.8 Å². The molecule has 5 rings (SSSR count). The van der Waals surface area contributed by atoms with Crippen molar-refractivity contribution >= 4 is 23.5 Å². The summed E-state index contributed by atoms with van der Waals surface area (Å²) in [6, 6.07) is 14.8. The fourth-order valence-corrected chi connectivity index (χ4v) is 4.89. The standard InChI is InChI=1S/C32H34F2N4O5/c1-20-10-11-38-26(17-23-18-37(12-13-41-23)31(40)43-32(2,3)4)29(36-27(38)14-20)28-24(33)15-22(16-25(28)34)35-30(39)42-19-21-8-6-5-7-9-21/h5-11,14-16,23H,12-13,17-19H2,1-4H3,(H,35,39). The number of hydrogen-bond acceptors (Lipinski definition) is 6. The number of hydrogen-bond donors (Lipinski definition) is 1. The minimum absolute atomic E-state index is 0.00827. The van der Waals surface area contributed by atoms with Gasteiger partial charge in [-0.25, -0.2) is 23.4 Å². The zero-order chi connectivity index (χ0) is 30.7. The van der Waals surface area contributed by atoms with Gasteiger partial charge < -0.3 is 23.5 Å². The molecule has 0 radical (unpaired) electrons. The molecule has 1 aliphatic heterocycles. The van der Waals surface area contributed by atoms with E-state index in [-0.39, 0.29) is 36.5 Å². The van der Waals surface area contributed by atoms with E-state index in [0.717, 1.165) is 23.3 Å². The van der Waals surface area contributed by atoms with E-state index in [0.29, 0.717) is 24.5 Å². The fourth-order valence-electron chi connectivity index (χ4n) is 4.89. The molecule has 0 aliphatic carbocycles. The minimum atomic E-state index is -0.903. The molecule has 43 heavy (non-hydrogen) atoms. The van der Waals surface area contributed by atoms with Crippen LogP contribution in [0.3, 0.4) is 0 Å². The molecule has 0 saturated carbocycles. The van der Waals surface area contributed by atoms with Gasteiger partial charge in [0.1, 0.15) is 29.5 Å². The van der Waals surface area contributed by atoms with Gasteiger partial charge in [0, 0.05) is 24.8 Å². The Balaban J connectivity index is 1.40. The number of halogens is 2. The predicted octanol–water partition coefficient (Wildman–Crippen LogP) is 6.52. The molecule has 2 aromatic carbocycles. The molecule has 11 heteroatoms. The maximum absolute atomic E-state index is 15.6. The Morgan fingerprint density at radius 1 is 1.09 bits per heavy atom. The van der Waals surface area contributed by atoms with Crippen molar-refractivity contribution in [3.05, 3.63) is 89.2 Å². The Hall–Kier alpha value is -4.51. The normalized spacial score (nSPS) is 15.4. The largest absolute Gasteiger partial charge is 0.444 e. The van der Waals surface area contributed by atoms with Gasteiger partial charge in [-0.15, -0.1) is 0 Å². The molecule has 4 aromatic rings. The Bertz CT molecular complexity index is 1610. The lowest BCUT2D eigenvalue weighted by atomic mass is 10.0. The number of imidazole rings is 1. The van der Waals surface area contributed by atoms with Crippen LogP contribution in [0.5, 0.6) is 0 Å². The van der Waals surface area contributed by atoms with Gasteiger partial charge in [-0.05, 0) is 63.1 Å². The molecule has 2 amide bonds. The van der Waals surface area contributed by atoms with Crippen molar-refractivity contribution in [1.29, 1.82) is 0 Å². The summed E-state index contributed by atoms with van der Waals surface area (Å²) in [6.45, 7) is 8.21. The zero-order valence-electron chi connectivity index (χ0n) is 24.5. The average Bonchev–Trinajstić information content (AvgIpc) is 3.27. The van der Waals surface area contributed by atoms with Gasteiger partial charge in [0.25, 0.3) is 0 Å². The number of fused-ring (bicyclic) bond motifs is 1. The maximum Gasteiger partial charge on any atom is 0.411 e. The highest BCUT2D eigenvalue weighted by Crippen LogP contribution is 2.33. The van der Waals surface area contributed by atoms with Crippen molar-refractivity contribution in [2.75, 3.05) is 25.0 Å². The Morgan fingerprint density at radius 2 is 1.81 bits per heavy atom. The first-order valence-corrected chi connectivity index (χ1v) is 14.0. The number of nitrogens with one attached hydrogen (secondary N) is 1. The highest BCUT2D eigenvalue weighted by molar-refractivity contribution is 5.85. The first-order valence-electron chi connectivity index (χ1n) is 14.0. The highest BCUT2D eigenvalue weighted by atomic mass is 19.1. The quantitative estimate of drug-likeness (QED) is 0.274. The van der Waals surface area contributed by atoms with Crippen molar-refractivity contribution in [1.82, 2.24) is 14.3 Å². The van der Waals surface area contributed by atoms with Crippen LogP contribution < -0.4 is 5.32 Å². The summed E-state index contributed by atoms with van der Waals surface area (Å²) in [5, 5.41) is 2.38. The van der Waals surface area contributed by atoms with E-state index < -0.39 is 35.5 Å². The lowest BCUT2D eigenvalue weighted by Crippen LogP contribution is -2.48. The third-order valence-corrected chi connectivity index (χ3v) is 6.83. The molecule has 0 bridgehead atoms. The van der Waals surface area contributed by atoms with E-state index in [1.807, 2.05) is 37.3 Å². The van der Waals surface area contributed by atoms with Crippen LogP contribution in [-0.2, 0) is 27.2 Å². The van der Waals surface area contributed by atoms with Crippen molar-refractivity contribution in [3.63, 3.8) is 0 Å². The number of amides is 2. The second-order valence-electron chi connectivity index (χ2n) is 11.5. The average molecular weight is 593 g/mol. The number of rotatable bonds is 6. The summed E-state index contributed by atoms with van der Waals surface area (Å²) >= 11 is 0. The summed E-state index contributed by atoms with van der Waals surface area (Å²) in [4.78, 5) is 31.2. The van der Waals surface area contributed by atoms with Gasteiger partial charge >= 0.3 is 12.2 Å². The summed E-state index contributed by atoms with van der Waals surface area (Å²) < 4.78 is 49.6. The van der Waals surface area contributed by atoms with E-state index in [2.05, 4.69) is 10.3 Å². The molecule has 0 spiro atoms. The van der Waals surface area contributed by atoms with E-state index in [4.69, 9.17) is 14.2 Å². The summed E-state index contributed by atoms with van der Waals surface area (Å²) in [5.41, 5.74) is 1.76. The number of pyridine rings is 1. The lowest BCUT2D eigenvalue weighted by Gasteiger charge is -2.34. The third kappa shape index (κ3) is 7.29. The van der Waals surface area contributed by atoms with Gasteiger partial charge in [-0.3, -0.25) is 5.32 Å².